The zero-order valence-corrected chi connectivity index (χ0v) is 13.7. The van der Waals surface area contributed by atoms with Gasteiger partial charge in [0, 0.05) is 45.1 Å². The number of hydrogen-bond acceptors (Lipinski definition) is 6. The molecule has 0 radical (unpaired) electrons. The molecule has 0 bridgehead atoms. The Morgan fingerprint density at radius 2 is 1.92 bits per heavy atom. The monoisotopic (exact) mass is 334 g/mol. The second-order valence-electron chi connectivity index (χ2n) is 6.19. The van der Waals surface area contributed by atoms with Gasteiger partial charge in [-0.3, -0.25) is 14.6 Å². The summed E-state index contributed by atoms with van der Waals surface area (Å²) in [5, 5.41) is 12.3. The molecule has 4 rings (SSSR count). The lowest BCUT2D eigenvalue weighted by Crippen LogP contribution is -2.64. The number of nitriles is 1. The number of anilines is 1. The maximum atomic E-state index is 12.9. The minimum atomic E-state index is -0.112. The summed E-state index contributed by atoms with van der Waals surface area (Å²) in [7, 11) is 0. The average molecular weight is 334 g/mol. The number of carbonyl (C=O) groups excluding carboxylic acids is 1. The van der Waals surface area contributed by atoms with Gasteiger partial charge in [-0.15, -0.1) is 0 Å². The molecular formula is C18H18N6O. The smallest absolute Gasteiger partial charge is 0.246 e. The Morgan fingerprint density at radius 3 is 2.76 bits per heavy atom. The molecule has 0 spiro atoms. The first-order valence-corrected chi connectivity index (χ1v) is 8.35. The third-order valence-corrected chi connectivity index (χ3v) is 4.75. The van der Waals surface area contributed by atoms with E-state index >= 15 is 0 Å². The van der Waals surface area contributed by atoms with E-state index in [-0.39, 0.29) is 11.9 Å². The van der Waals surface area contributed by atoms with E-state index in [1.165, 1.54) is 0 Å². The van der Waals surface area contributed by atoms with Crippen LogP contribution in [-0.2, 0) is 4.79 Å². The summed E-state index contributed by atoms with van der Waals surface area (Å²) in [6, 6.07) is 9.31. The number of piperazine rings is 2. The molecule has 2 aliphatic rings. The lowest BCUT2D eigenvalue weighted by molar-refractivity contribution is -0.126. The van der Waals surface area contributed by atoms with Gasteiger partial charge in [0.05, 0.1) is 0 Å². The van der Waals surface area contributed by atoms with Crippen molar-refractivity contribution in [3.8, 4) is 17.2 Å². The van der Waals surface area contributed by atoms with Gasteiger partial charge in [-0.25, -0.2) is 9.97 Å². The van der Waals surface area contributed by atoms with Gasteiger partial charge in [0.15, 0.2) is 0 Å². The van der Waals surface area contributed by atoms with Crippen molar-refractivity contribution in [2.45, 2.75) is 6.04 Å². The first-order chi connectivity index (χ1) is 12.3. The van der Waals surface area contributed by atoms with Crippen LogP contribution in [0, 0.1) is 11.3 Å². The van der Waals surface area contributed by atoms with E-state index in [0.717, 1.165) is 30.8 Å². The van der Waals surface area contributed by atoms with Crippen LogP contribution in [0.3, 0.4) is 0 Å². The second-order valence-corrected chi connectivity index (χ2v) is 6.19. The predicted octanol–water partition coefficient (Wildman–Crippen LogP) is 0.636. The van der Waals surface area contributed by atoms with Crippen LogP contribution in [0.1, 0.15) is 5.69 Å². The van der Waals surface area contributed by atoms with Gasteiger partial charge in [-0.2, -0.15) is 5.26 Å². The molecule has 2 fully saturated rings. The number of pyridine rings is 2. The number of amides is 1. The lowest BCUT2D eigenvalue weighted by atomic mass is 10.1. The molecule has 0 unspecified atom stereocenters. The van der Waals surface area contributed by atoms with Crippen molar-refractivity contribution in [3.05, 3.63) is 42.4 Å². The van der Waals surface area contributed by atoms with Crippen LogP contribution < -0.4 is 10.2 Å². The van der Waals surface area contributed by atoms with Crippen molar-refractivity contribution >= 4 is 11.7 Å². The highest BCUT2D eigenvalue weighted by molar-refractivity contribution is 5.97. The highest BCUT2D eigenvalue weighted by Gasteiger charge is 2.37. The highest BCUT2D eigenvalue weighted by atomic mass is 16.2. The van der Waals surface area contributed by atoms with Crippen molar-refractivity contribution in [2.75, 3.05) is 37.6 Å². The number of fused-ring (bicyclic) bond motifs is 1. The van der Waals surface area contributed by atoms with E-state index in [1.807, 2.05) is 24.3 Å². The van der Waals surface area contributed by atoms with E-state index in [1.54, 1.807) is 23.4 Å². The Balaban J connectivity index is 1.63. The fourth-order valence-electron chi connectivity index (χ4n) is 3.42. The quantitative estimate of drug-likeness (QED) is 0.867. The van der Waals surface area contributed by atoms with Gasteiger partial charge in [-0.05, 0) is 35.4 Å². The van der Waals surface area contributed by atoms with E-state index in [0.29, 0.717) is 24.6 Å². The number of rotatable bonds is 2. The van der Waals surface area contributed by atoms with Crippen LogP contribution in [0.15, 0.2) is 36.7 Å². The van der Waals surface area contributed by atoms with Crippen LogP contribution in [0.5, 0.6) is 0 Å². The van der Waals surface area contributed by atoms with Crippen LogP contribution >= 0.6 is 0 Å². The second kappa shape index (κ2) is 6.59. The molecule has 2 saturated heterocycles. The van der Waals surface area contributed by atoms with Gasteiger partial charge >= 0.3 is 0 Å². The summed E-state index contributed by atoms with van der Waals surface area (Å²) in [5.74, 6) is 0.749. The summed E-state index contributed by atoms with van der Waals surface area (Å²) in [5.41, 5.74) is 2.18. The summed E-state index contributed by atoms with van der Waals surface area (Å²) in [6.45, 7) is 4.03. The fourth-order valence-corrected chi connectivity index (χ4v) is 3.42. The van der Waals surface area contributed by atoms with Crippen molar-refractivity contribution in [1.29, 1.82) is 5.26 Å². The van der Waals surface area contributed by atoms with E-state index in [4.69, 9.17) is 5.26 Å². The van der Waals surface area contributed by atoms with Gasteiger partial charge in [-0.1, -0.05) is 0 Å². The first kappa shape index (κ1) is 15.7. The third kappa shape index (κ3) is 2.97. The molecule has 0 aromatic carbocycles. The maximum absolute atomic E-state index is 12.9. The molecule has 0 aliphatic carbocycles. The normalized spacial score (nSPS) is 20.8. The highest BCUT2D eigenvalue weighted by Crippen LogP contribution is 2.25. The summed E-state index contributed by atoms with van der Waals surface area (Å²) in [6.07, 6.45) is 3.32. The topological polar surface area (TPSA) is 85.2 Å². The largest absolute Gasteiger partial charge is 0.313 e. The molecule has 2 aromatic rings. The fraction of sp³-hybridized carbons (Fsp3) is 0.333. The lowest BCUT2D eigenvalue weighted by Gasteiger charge is -2.42. The minimum Gasteiger partial charge on any atom is -0.313 e. The molecule has 0 saturated carbocycles. The standard InChI is InChI=1S/C18H18N6O/c19-11-15-9-13(1-3-21-15)14-2-4-22-17(10-14)24-8-7-23-6-5-20-12-16(23)18(24)25/h1-4,9-10,16,20H,5-8,12H2/t16-/m1/s1. The van der Waals surface area contributed by atoms with E-state index in [2.05, 4.69) is 20.2 Å². The van der Waals surface area contributed by atoms with Crippen molar-refractivity contribution in [3.63, 3.8) is 0 Å². The minimum absolute atomic E-state index is 0.0931. The van der Waals surface area contributed by atoms with Crippen molar-refractivity contribution in [2.24, 2.45) is 0 Å². The number of nitrogens with one attached hydrogen (secondary N) is 1. The molecular weight excluding hydrogens is 316 g/mol. The third-order valence-electron chi connectivity index (χ3n) is 4.75. The SMILES string of the molecule is N#Cc1cc(-c2ccnc(N3CCN4CCNC[C@@H]4C3=O)c2)ccn1. The average Bonchev–Trinajstić information content (AvgIpc) is 2.68. The van der Waals surface area contributed by atoms with Crippen molar-refractivity contribution in [1.82, 2.24) is 20.2 Å². The van der Waals surface area contributed by atoms with E-state index < -0.39 is 0 Å². The molecule has 1 atom stereocenters. The van der Waals surface area contributed by atoms with Crippen LogP contribution in [0.4, 0.5) is 5.82 Å². The van der Waals surface area contributed by atoms with Gasteiger partial charge in [0.25, 0.3) is 0 Å². The number of carbonyl (C=O) groups is 1. The molecule has 4 heterocycles. The van der Waals surface area contributed by atoms with Crippen LogP contribution in [0.2, 0.25) is 0 Å². The molecule has 7 nitrogen and oxygen atoms in total. The molecule has 25 heavy (non-hydrogen) atoms. The Kier molecular flexibility index (Phi) is 4.14. The Labute approximate surface area is 145 Å². The van der Waals surface area contributed by atoms with Gasteiger partial charge in [0.1, 0.15) is 23.6 Å². The van der Waals surface area contributed by atoms with Crippen LogP contribution in [-0.4, -0.2) is 59.5 Å². The molecule has 7 heteroatoms. The Hall–Kier alpha value is -2.82. The van der Waals surface area contributed by atoms with E-state index in [9.17, 15) is 4.79 Å². The van der Waals surface area contributed by atoms with Gasteiger partial charge < -0.3 is 5.32 Å². The number of nitrogens with zero attached hydrogens (tertiary/aromatic N) is 5. The predicted molar refractivity (Wildman–Crippen MR) is 92.8 cm³/mol. The summed E-state index contributed by atoms with van der Waals surface area (Å²) >= 11 is 0. The Bertz CT molecular complexity index is 845. The van der Waals surface area contributed by atoms with Gasteiger partial charge in [0.2, 0.25) is 5.91 Å². The summed E-state index contributed by atoms with van der Waals surface area (Å²) in [4.78, 5) is 25.3. The van der Waals surface area contributed by atoms with Crippen LogP contribution in [0.25, 0.3) is 11.1 Å². The zero-order chi connectivity index (χ0) is 17.2. The number of aromatic nitrogens is 2. The number of hydrogen-bond donors (Lipinski definition) is 1. The Morgan fingerprint density at radius 1 is 1.12 bits per heavy atom. The molecule has 2 aliphatic heterocycles. The molecule has 2 aromatic heterocycles. The zero-order valence-electron chi connectivity index (χ0n) is 13.7. The molecule has 1 N–H and O–H groups in total. The maximum Gasteiger partial charge on any atom is 0.246 e. The molecule has 126 valence electrons. The first-order valence-electron chi connectivity index (χ1n) is 8.35. The summed E-state index contributed by atoms with van der Waals surface area (Å²) < 4.78 is 0. The molecule has 1 amide bonds. The van der Waals surface area contributed by atoms with Crippen molar-refractivity contribution < 1.29 is 4.79 Å².